The van der Waals surface area contributed by atoms with E-state index in [0.717, 1.165) is 30.4 Å². The van der Waals surface area contributed by atoms with E-state index in [4.69, 9.17) is 9.73 Å². The molecule has 0 spiro atoms. The second kappa shape index (κ2) is 12.1. The fourth-order valence-corrected chi connectivity index (χ4v) is 2.96. The van der Waals surface area contributed by atoms with Crippen LogP contribution in [0.4, 0.5) is 0 Å². The predicted molar refractivity (Wildman–Crippen MR) is 128 cm³/mol. The van der Waals surface area contributed by atoms with Crippen LogP contribution in [0.2, 0.25) is 0 Å². The number of methoxy groups -OCH3 is 1. The number of guanidine groups is 1. The molecule has 0 fully saturated rings. The summed E-state index contributed by atoms with van der Waals surface area (Å²) in [6, 6.07) is 16.5. The van der Waals surface area contributed by atoms with Crippen molar-refractivity contribution in [2.24, 2.45) is 4.99 Å². The molecule has 29 heavy (non-hydrogen) atoms. The summed E-state index contributed by atoms with van der Waals surface area (Å²) in [6.45, 7) is 4.93. The molecular formula is C22H28IN5O. The van der Waals surface area contributed by atoms with Gasteiger partial charge in [0, 0.05) is 37.6 Å². The molecule has 1 heterocycles. The maximum absolute atomic E-state index is 5.42. The third-order valence-corrected chi connectivity index (χ3v) is 4.32. The largest absolute Gasteiger partial charge is 0.496 e. The molecule has 3 rings (SSSR count). The third kappa shape index (κ3) is 7.08. The Morgan fingerprint density at radius 2 is 1.93 bits per heavy atom. The van der Waals surface area contributed by atoms with E-state index in [2.05, 4.69) is 57.4 Å². The van der Waals surface area contributed by atoms with Gasteiger partial charge in [0.15, 0.2) is 5.96 Å². The smallest absolute Gasteiger partial charge is 0.191 e. The molecule has 0 aliphatic heterocycles. The molecule has 1 aromatic heterocycles. The minimum Gasteiger partial charge on any atom is -0.496 e. The third-order valence-electron chi connectivity index (χ3n) is 4.32. The first kappa shape index (κ1) is 22.7. The van der Waals surface area contributed by atoms with Gasteiger partial charge in [-0.15, -0.1) is 24.0 Å². The number of rotatable bonds is 8. The van der Waals surface area contributed by atoms with Gasteiger partial charge in [-0.3, -0.25) is 0 Å². The second-order valence-electron chi connectivity index (χ2n) is 6.42. The lowest BCUT2D eigenvalue weighted by Gasteiger charge is -2.13. The quantitative estimate of drug-likeness (QED) is 0.278. The molecule has 2 aromatic carbocycles. The molecule has 0 amide bonds. The molecule has 154 valence electrons. The van der Waals surface area contributed by atoms with Crippen molar-refractivity contribution in [3.63, 3.8) is 0 Å². The molecule has 0 radical (unpaired) electrons. The fraction of sp³-hybridized carbons (Fsp3) is 0.273. The number of benzene rings is 2. The monoisotopic (exact) mass is 505 g/mol. The first-order valence-corrected chi connectivity index (χ1v) is 9.46. The molecule has 6 nitrogen and oxygen atoms in total. The number of halogens is 1. The summed E-state index contributed by atoms with van der Waals surface area (Å²) >= 11 is 0. The standard InChI is InChI=1S/C22H27N5O.HI/c1-3-24-22(26-15-20-9-4-5-10-21(20)28-2)25-14-18-7-6-8-19(13-18)16-27-12-11-23-17-27;/h4-13,17H,3,14-16H2,1-2H3,(H2,24,25,26);1H. The highest BCUT2D eigenvalue weighted by Gasteiger charge is 2.04. The number of nitrogens with one attached hydrogen (secondary N) is 2. The molecule has 7 heteroatoms. The molecule has 0 bridgehead atoms. The lowest BCUT2D eigenvalue weighted by atomic mass is 10.1. The van der Waals surface area contributed by atoms with Gasteiger partial charge in [-0.05, 0) is 24.1 Å². The zero-order valence-corrected chi connectivity index (χ0v) is 19.2. The zero-order valence-electron chi connectivity index (χ0n) is 16.8. The number of imidazole rings is 1. The van der Waals surface area contributed by atoms with Gasteiger partial charge in [-0.25, -0.2) is 9.98 Å². The van der Waals surface area contributed by atoms with E-state index < -0.39 is 0 Å². The van der Waals surface area contributed by atoms with Crippen LogP contribution in [0, 0.1) is 0 Å². The van der Waals surface area contributed by atoms with Crippen LogP contribution in [0.1, 0.15) is 23.6 Å². The molecule has 2 N–H and O–H groups in total. The summed E-state index contributed by atoms with van der Waals surface area (Å²) in [7, 11) is 1.69. The summed E-state index contributed by atoms with van der Waals surface area (Å²) in [5.41, 5.74) is 3.50. The Bertz CT molecular complexity index is 896. The van der Waals surface area contributed by atoms with Crippen molar-refractivity contribution in [3.05, 3.63) is 83.9 Å². The van der Waals surface area contributed by atoms with Crippen molar-refractivity contribution in [2.45, 2.75) is 26.6 Å². The summed E-state index contributed by atoms with van der Waals surface area (Å²) in [5.74, 6) is 1.66. The van der Waals surface area contributed by atoms with Gasteiger partial charge in [0.05, 0.1) is 20.0 Å². The van der Waals surface area contributed by atoms with Crippen molar-refractivity contribution >= 4 is 29.9 Å². The Morgan fingerprint density at radius 1 is 1.10 bits per heavy atom. The molecule has 0 aliphatic rings. The maximum Gasteiger partial charge on any atom is 0.191 e. The molecule has 0 saturated heterocycles. The highest BCUT2D eigenvalue weighted by atomic mass is 127. The van der Waals surface area contributed by atoms with Crippen LogP contribution in [-0.2, 0) is 19.6 Å². The number of ether oxygens (including phenoxy) is 1. The van der Waals surface area contributed by atoms with Crippen LogP contribution in [0.25, 0.3) is 0 Å². The van der Waals surface area contributed by atoms with Crippen LogP contribution < -0.4 is 15.4 Å². The molecule has 3 aromatic rings. The Kier molecular flexibility index (Phi) is 9.49. The van der Waals surface area contributed by atoms with Crippen molar-refractivity contribution in [2.75, 3.05) is 13.7 Å². The van der Waals surface area contributed by atoms with E-state index in [1.54, 1.807) is 13.3 Å². The van der Waals surface area contributed by atoms with Gasteiger partial charge in [-0.2, -0.15) is 0 Å². The number of aromatic nitrogens is 2. The Hall–Kier alpha value is -2.55. The maximum atomic E-state index is 5.42. The number of hydrogen-bond donors (Lipinski definition) is 2. The lowest BCUT2D eigenvalue weighted by Crippen LogP contribution is -2.36. The van der Waals surface area contributed by atoms with E-state index in [0.29, 0.717) is 13.1 Å². The molecule has 0 saturated carbocycles. The van der Waals surface area contributed by atoms with Crippen molar-refractivity contribution < 1.29 is 4.74 Å². The minimum atomic E-state index is 0. The van der Waals surface area contributed by atoms with Gasteiger partial charge in [0.1, 0.15) is 5.75 Å². The Morgan fingerprint density at radius 3 is 2.69 bits per heavy atom. The Labute approximate surface area is 189 Å². The highest BCUT2D eigenvalue weighted by molar-refractivity contribution is 14.0. The lowest BCUT2D eigenvalue weighted by molar-refractivity contribution is 0.409. The molecule has 0 atom stereocenters. The molecule has 0 aliphatic carbocycles. The van der Waals surface area contributed by atoms with E-state index in [1.165, 1.54) is 11.1 Å². The predicted octanol–water partition coefficient (Wildman–Crippen LogP) is 3.81. The molecular weight excluding hydrogens is 477 g/mol. The number of para-hydroxylation sites is 1. The average Bonchev–Trinajstić information content (AvgIpc) is 3.23. The van der Waals surface area contributed by atoms with Gasteiger partial charge in [-0.1, -0.05) is 42.5 Å². The second-order valence-corrected chi connectivity index (χ2v) is 6.42. The SMILES string of the molecule is CCNC(=NCc1cccc(Cn2ccnc2)c1)NCc1ccccc1OC.I. The summed E-state index contributed by atoms with van der Waals surface area (Å²) in [5, 5.41) is 6.68. The van der Waals surface area contributed by atoms with Crippen LogP contribution >= 0.6 is 24.0 Å². The van der Waals surface area contributed by atoms with E-state index >= 15 is 0 Å². The topological polar surface area (TPSA) is 63.5 Å². The van der Waals surface area contributed by atoms with Crippen LogP contribution in [-0.4, -0.2) is 29.2 Å². The van der Waals surface area contributed by atoms with Crippen LogP contribution in [0.5, 0.6) is 5.75 Å². The van der Waals surface area contributed by atoms with E-state index in [9.17, 15) is 0 Å². The summed E-state index contributed by atoms with van der Waals surface area (Å²) in [4.78, 5) is 8.82. The van der Waals surface area contributed by atoms with Crippen LogP contribution in [0.3, 0.4) is 0 Å². The number of aliphatic imine (C=N–C) groups is 1. The normalized spacial score (nSPS) is 10.9. The van der Waals surface area contributed by atoms with E-state index in [1.807, 2.05) is 30.7 Å². The first-order valence-electron chi connectivity index (χ1n) is 9.46. The summed E-state index contributed by atoms with van der Waals surface area (Å²) in [6.07, 6.45) is 5.59. The first-order chi connectivity index (χ1) is 13.8. The average molecular weight is 505 g/mol. The number of nitrogens with zero attached hydrogens (tertiary/aromatic N) is 3. The summed E-state index contributed by atoms with van der Waals surface area (Å²) < 4.78 is 7.47. The van der Waals surface area contributed by atoms with Crippen LogP contribution in [0.15, 0.2) is 72.2 Å². The van der Waals surface area contributed by atoms with Gasteiger partial charge < -0.3 is 19.9 Å². The van der Waals surface area contributed by atoms with Crippen molar-refractivity contribution in [3.8, 4) is 5.75 Å². The van der Waals surface area contributed by atoms with Crippen molar-refractivity contribution in [1.29, 1.82) is 0 Å². The Balaban J connectivity index is 0.00000300. The molecule has 0 unspecified atom stereocenters. The highest BCUT2D eigenvalue weighted by Crippen LogP contribution is 2.16. The number of hydrogen-bond acceptors (Lipinski definition) is 3. The van der Waals surface area contributed by atoms with Gasteiger partial charge in [0.2, 0.25) is 0 Å². The fourth-order valence-electron chi connectivity index (χ4n) is 2.96. The van der Waals surface area contributed by atoms with Gasteiger partial charge >= 0.3 is 0 Å². The zero-order chi connectivity index (χ0) is 19.6. The minimum absolute atomic E-state index is 0. The van der Waals surface area contributed by atoms with Crippen molar-refractivity contribution in [1.82, 2.24) is 20.2 Å². The van der Waals surface area contributed by atoms with Gasteiger partial charge in [0.25, 0.3) is 0 Å². The van der Waals surface area contributed by atoms with E-state index in [-0.39, 0.29) is 24.0 Å².